The Hall–Kier alpha value is -3.15. The van der Waals surface area contributed by atoms with Crippen molar-refractivity contribution < 1.29 is 37.9 Å². The second-order valence-electron chi connectivity index (χ2n) is 8.86. The molecule has 0 unspecified atom stereocenters. The van der Waals surface area contributed by atoms with E-state index in [0.29, 0.717) is 6.42 Å². The van der Waals surface area contributed by atoms with Crippen molar-refractivity contribution in [3.8, 4) is 59.2 Å². The van der Waals surface area contributed by atoms with Gasteiger partial charge in [-0.2, -0.15) is 0 Å². The van der Waals surface area contributed by atoms with Crippen molar-refractivity contribution in [3.63, 3.8) is 0 Å². The summed E-state index contributed by atoms with van der Waals surface area (Å²) in [6, 6.07) is 0. The van der Waals surface area contributed by atoms with Gasteiger partial charge in [-0.25, -0.2) is 9.36 Å². The molecule has 0 aromatic heterocycles. The molecular weight excluding hydrogens is 531 g/mol. The van der Waals surface area contributed by atoms with E-state index in [-0.39, 0.29) is 6.42 Å². The Morgan fingerprint density at radius 1 is 0.700 bits per heavy atom. The normalized spacial score (nSPS) is 10.4. The van der Waals surface area contributed by atoms with Gasteiger partial charge in [-0.1, -0.05) is 89.9 Å². The van der Waals surface area contributed by atoms with Crippen molar-refractivity contribution in [1.82, 2.24) is 0 Å². The highest BCUT2D eigenvalue weighted by molar-refractivity contribution is 7.46. The van der Waals surface area contributed by atoms with E-state index in [9.17, 15) is 14.2 Å². The lowest BCUT2D eigenvalue weighted by Crippen LogP contribution is -2.29. The molecule has 0 bridgehead atoms. The van der Waals surface area contributed by atoms with Gasteiger partial charge in [0.25, 0.3) is 0 Å². The number of phosphoric acid groups is 1. The maximum atomic E-state index is 12.2. The predicted octanol–water partition coefficient (Wildman–Crippen LogP) is 5.07. The molecule has 8 nitrogen and oxygen atoms in total. The largest absolute Gasteiger partial charge is 0.469 e. The SMILES string of the molecule is CC#CC#CC#CC#CC#CC(=O)OC[C@@H](COP(=O)(O)O)OC(=O)CCCCCCCCCCCCCCC. The monoisotopic (exact) mass is 572 g/mol. The van der Waals surface area contributed by atoms with Gasteiger partial charge in [-0.3, -0.25) is 9.32 Å². The summed E-state index contributed by atoms with van der Waals surface area (Å²) in [5, 5.41) is 0. The van der Waals surface area contributed by atoms with E-state index in [1.807, 2.05) is 0 Å². The van der Waals surface area contributed by atoms with Crippen molar-refractivity contribution in [2.75, 3.05) is 13.2 Å². The molecule has 0 aliphatic carbocycles. The fourth-order valence-electron chi connectivity index (χ4n) is 3.37. The zero-order chi connectivity index (χ0) is 29.7. The van der Waals surface area contributed by atoms with Gasteiger partial charge in [0.05, 0.1) is 6.61 Å². The summed E-state index contributed by atoms with van der Waals surface area (Å²) in [7, 11) is -4.81. The Kier molecular flexibility index (Phi) is 24.0. The zero-order valence-corrected chi connectivity index (χ0v) is 24.6. The van der Waals surface area contributed by atoms with Gasteiger partial charge in [0, 0.05) is 12.3 Å². The van der Waals surface area contributed by atoms with Gasteiger partial charge in [-0.15, -0.1) is 0 Å². The van der Waals surface area contributed by atoms with E-state index in [4.69, 9.17) is 19.3 Å². The number of ether oxygens (including phenoxy) is 2. The molecule has 9 heteroatoms. The van der Waals surface area contributed by atoms with Crippen LogP contribution in [0.15, 0.2) is 0 Å². The summed E-state index contributed by atoms with van der Waals surface area (Å²) in [6.07, 6.45) is 14.2. The lowest BCUT2D eigenvalue weighted by molar-refractivity contribution is -0.158. The van der Waals surface area contributed by atoms with Gasteiger partial charge in [0.15, 0.2) is 6.10 Å². The van der Waals surface area contributed by atoms with Crippen LogP contribution in [0.3, 0.4) is 0 Å². The third-order valence-electron chi connectivity index (χ3n) is 5.34. The first kappa shape index (κ1) is 36.8. The van der Waals surface area contributed by atoms with Crippen molar-refractivity contribution in [2.45, 2.75) is 110 Å². The Labute approximate surface area is 239 Å². The number of carbonyl (C=O) groups is 2. The minimum atomic E-state index is -4.81. The van der Waals surface area contributed by atoms with Gasteiger partial charge < -0.3 is 19.3 Å². The third-order valence-corrected chi connectivity index (χ3v) is 5.82. The molecule has 0 aliphatic heterocycles. The number of hydrogen-bond donors (Lipinski definition) is 2. The van der Waals surface area contributed by atoms with E-state index in [1.54, 1.807) is 6.92 Å². The molecule has 0 aliphatic rings. The Bertz CT molecular complexity index is 1100. The van der Waals surface area contributed by atoms with Crippen molar-refractivity contribution in [2.24, 2.45) is 0 Å². The molecule has 0 saturated heterocycles. The molecular formula is C31H41O8P. The highest BCUT2D eigenvalue weighted by Gasteiger charge is 2.22. The first-order chi connectivity index (χ1) is 19.3. The third kappa shape index (κ3) is 27.9. The average Bonchev–Trinajstić information content (AvgIpc) is 2.91. The van der Waals surface area contributed by atoms with Crippen LogP contribution in [0.2, 0.25) is 0 Å². The quantitative estimate of drug-likeness (QED) is 0.0683. The average molecular weight is 573 g/mol. The summed E-state index contributed by atoms with van der Waals surface area (Å²) in [5.41, 5.74) is 0. The fourth-order valence-corrected chi connectivity index (χ4v) is 3.73. The molecule has 0 aromatic rings. The highest BCUT2D eigenvalue weighted by Crippen LogP contribution is 2.35. The Morgan fingerprint density at radius 3 is 1.68 bits per heavy atom. The van der Waals surface area contributed by atoms with Crippen LogP contribution in [0, 0.1) is 59.2 Å². The molecule has 0 heterocycles. The smallest absolute Gasteiger partial charge is 0.456 e. The maximum absolute atomic E-state index is 12.2. The van der Waals surface area contributed by atoms with Crippen LogP contribution in [-0.4, -0.2) is 41.0 Å². The van der Waals surface area contributed by atoms with Crippen LogP contribution in [0.4, 0.5) is 0 Å². The second kappa shape index (κ2) is 26.1. The summed E-state index contributed by atoms with van der Waals surface area (Å²) in [4.78, 5) is 41.8. The summed E-state index contributed by atoms with van der Waals surface area (Å²) in [6.45, 7) is 2.74. The standard InChI is InChI=1S/C31H41O8P/c1-3-5-7-9-11-13-14-15-16-18-20-22-24-26-31(33)39-29(28-38-40(34,35)36)27-37-30(32)25-23-21-19-17-12-10-8-6-4-2/h29H,3,5,7,9,11,13-16,18,20,22,24,26-28H2,1-2H3,(H2,34,35,36)/t29-/m0/s1. The summed E-state index contributed by atoms with van der Waals surface area (Å²) in [5.74, 6) is 22.4. The zero-order valence-electron chi connectivity index (χ0n) is 23.7. The van der Waals surface area contributed by atoms with Gasteiger partial charge in [0.2, 0.25) is 0 Å². The fraction of sp³-hybridized carbons (Fsp3) is 0.613. The van der Waals surface area contributed by atoms with E-state index in [0.717, 1.165) is 19.3 Å². The van der Waals surface area contributed by atoms with Crippen LogP contribution in [0.5, 0.6) is 0 Å². The van der Waals surface area contributed by atoms with E-state index >= 15 is 0 Å². The topological polar surface area (TPSA) is 119 Å². The molecule has 0 radical (unpaired) electrons. The first-order valence-corrected chi connectivity index (χ1v) is 15.3. The van der Waals surface area contributed by atoms with Gasteiger partial charge in [-0.05, 0) is 60.7 Å². The first-order valence-electron chi connectivity index (χ1n) is 13.8. The number of unbranched alkanes of at least 4 members (excludes halogenated alkanes) is 12. The van der Waals surface area contributed by atoms with Gasteiger partial charge in [0.1, 0.15) is 6.61 Å². The minimum absolute atomic E-state index is 0.143. The number of esters is 2. The number of hydrogen-bond acceptors (Lipinski definition) is 6. The minimum Gasteiger partial charge on any atom is -0.456 e. The van der Waals surface area contributed by atoms with Crippen molar-refractivity contribution >= 4 is 19.8 Å². The Morgan fingerprint density at radius 2 is 1.18 bits per heavy atom. The second-order valence-corrected chi connectivity index (χ2v) is 10.1. The lowest BCUT2D eigenvalue weighted by Gasteiger charge is -2.17. The number of rotatable bonds is 20. The number of carbonyl (C=O) groups excluding carboxylic acids is 2. The molecule has 218 valence electrons. The van der Waals surface area contributed by atoms with Crippen LogP contribution < -0.4 is 0 Å². The summed E-state index contributed by atoms with van der Waals surface area (Å²) < 4.78 is 25.5. The van der Waals surface area contributed by atoms with E-state index in [1.165, 1.54) is 57.8 Å². The molecule has 1 atom stereocenters. The molecule has 2 N–H and O–H groups in total. The molecule has 40 heavy (non-hydrogen) atoms. The predicted molar refractivity (Wildman–Crippen MR) is 154 cm³/mol. The molecule has 0 amide bonds. The highest BCUT2D eigenvalue weighted by atomic mass is 31.2. The van der Waals surface area contributed by atoms with Crippen LogP contribution in [-0.2, 0) is 28.2 Å². The van der Waals surface area contributed by atoms with Crippen molar-refractivity contribution in [3.05, 3.63) is 0 Å². The van der Waals surface area contributed by atoms with E-state index in [2.05, 4.69) is 70.7 Å². The maximum Gasteiger partial charge on any atom is 0.469 e. The van der Waals surface area contributed by atoms with Gasteiger partial charge >= 0.3 is 19.8 Å². The molecule has 0 spiro atoms. The van der Waals surface area contributed by atoms with Crippen LogP contribution in [0.25, 0.3) is 0 Å². The Balaban J connectivity index is 4.32. The van der Waals surface area contributed by atoms with Crippen molar-refractivity contribution in [1.29, 1.82) is 0 Å². The van der Waals surface area contributed by atoms with E-state index < -0.39 is 39.1 Å². The number of phosphoric ester groups is 1. The lowest BCUT2D eigenvalue weighted by atomic mass is 10.0. The molecule has 0 aromatic carbocycles. The summed E-state index contributed by atoms with van der Waals surface area (Å²) >= 11 is 0. The molecule has 0 saturated carbocycles. The molecule has 0 rings (SSSR count). The van der Waals surface area contributed by atoms with Crippen LogP contribution in [0.1, 0.15) is 104 Å². The molecule has 0 fully saturated rings. The van der Waals surface area contributed by atoms with Crippen LogP contribution >= 0.6 is 7.82 Å².